The van der Waals surface area contributed by atoms with Crippen LogP contribution in [0.5, 0.6) is 0 Å². The van der Waals surface area contributed by atoms with E-state index in [0.717, 1.165) is 22.4 Å². The molecule has 168 valence electrons. The van der Waals surface area contributed by atoms with Crippen molar-refractivity contribution in [3.05, 3.63) is 149 Å². The molecular weight excluding hydrogens is 432 g/mol. The first kappa shape index (κ1) is 20.9. The zero-order valence-electron chi connectivity index (χ0n) is 18.9. The zero-order valence-corrected chi connectivity index (χ0v) is 18.9. The first-order valence-corrected chi connectivity index (χ1v) is 11.6. The molecule has 6 rings (SSSR count). The molecule has 4 aromatic rings. The van der Waals surface area contributed by atoms with Crippen LogP contribution in [0, 0.1) is 0 Å². The lowest BCUT2D eigenvalue weighted by Gasteiger charge is -2.30. The summed E-state index contributed by atoms with van der Waals surface area (Å²) in [6.07, 6.45) is 1.90. The minimum absolute atomic E-state index is 0.186. The van der Waals surface area contributed by atoms with Crippen molar-refractivity contribution in [1.82, 2.24) is 0 Å². The van der Waals surface area contributed by atoms with Gasteiger partial charge in [0.2, 0.25) is 0 Å². The Morgan fingerprint density at radius 3 is 1.69 bits per heavy atom. The highest BCUT2D eigenvalue weighted by Gasteiger charge is 2.52. The number of benzene rings is 4. The summed E-state index contributed by atoms with van der Waals surface area (Å²) in [5.74, 6) is -0.374. The smallest absolute Gasteiger partial charge is 0.276 e. The highest BCUT2D eigenvalue weighted by molar-refractivity contribution is 6.29. The van der Waals surface area contributed by atoms with Gasteiger partial charge >= 0.3 is 0 Å². The highest BCUT2D eigenvalue weighted by Crippen LogP contribution is 2.50. The Morgan fingerprint density at radius 1 is 0.571 bits per heavy atom. The number of carbonyl (C=O) groups excluding carboxylic acids is 2. The molecule has 0 fully saturated rings. The number of carbonyl (C=O) groups is 2. The molecule has 4 aromatic carbocycles. The van der Waals surface area contributed by atoms with Crippen molar-refractivity contribution >= 4 is 29.3 Å². The van der Waals surface area contributed by atoms with E-state index in [4.69, 9.17) is 0 Å². The molecule has 2 heterocycles. The minimum atomic E-state index is -0.422. The minimum Gasteiger partial charge on any atom is -0.295 e. The van der Waals surface area contributed by atoms with Crippen molar-refractivity contribution in [3.63, 3.8) is 0 Å². The van der Waals surface area contributed by atoms with Crippen molar-refractivity contribution in [2.24, 2.45) is 0 Å². The van der Waals surface area contributed by atoms with Crippen LogP contribution in [0.15, 0.2) is 138 Å². The van der Waals surface area contributed by atoms with Crippen LogP contribution < -0.4 is 9.80 Å². The Bertz CT molecular complexity index is 1460. The highest BCUT2D eigenvalue weighted by atomic mass is 16.2. The SMILES string of the molecule is O=C1/C(=C\c2ccccc2)C2=C(C(=O)N(c3ccccc3)C2c2ccccc2)N1c1ccccc1. The zero-order chi connectivity index (χ0) is 23.8. The van der Waals surface area contributed by atoms with Gasteiger partial charge in [0.1, 0.15) is 5.70 Å². The van der Waals surface area contributed by atoms with Crippen molar-refractivity contribution < 1.29 is 9.59 Å². The van der Waals surface area contributed by atoms with Gasteiger partial charge in [0, 0.05) is 22.5 Å². The third-order valence-corrected chi connectivity index (χ3v) is 6.43. The molecule has 1 atom stereocenters. The van der Waals surface area contributed by atoms with Gasteiger partial charge in [-0.15, -0.1) is 0 Å². The fourth-order valence-corrected chi connectivity index (χ4v) is 4.92. The molecule has 2 amide bonds. The number of amides is 2. The van der Waals surface area contributed by atoms with Crippen LogP contribution in [0.2, 0.25) is 0 Å². The summed E-state index contributed by atoms with van der Waals surface area (Å²) in [6, 6.07) is 38.3. The first-order valence-electron chi connectivity index (χ1n) is 11.6. The number of para-hydroxylation sites is 2. The molecule has 4 nitrogen and oxygen atoms in total. The van der Waals surface area contributed by atoms with E-state index in [1.807, 2.05) is 127 Å². The Morgan fingerprint density at radius 2 is 1.09 bits per heavy atom. The van der Waals surface area contributed by atoms with E-state index in [1.54, 1.807) is 9.80 Å². The number of nitrogens with zero attached hydrogens (tertiary/aromatic N) is 2. The Balaban J connectivity index is 1.62. The summed E-state index contributed by atoms with van der Waals surface area (Å²) in [7, 11) is 0. The van der Waals surface area contributed by atoms with Crippen LogP contribution in [0.3, 0.4) is 0 Å². The molecule has 0 aliphatic carbocycles. The van der Waals surface area contributed by atoms with Crippen LogP contribution in [-0.2, 0) is 9.59 Å². The fourth-order valence-electron chi connectivity index (χ4n) is 4.92. The van der Waals surface area contributed by atoms with Crippen LogP contribution in [-0.4, -0.2) is 11.8 Å². The second kappa shape index (κ2) is 8.58. The predicted octanol–water partition coefficient (Wildman–Crippen LogP) is 6.16. The van der Waals surface area contributed by atoms with Gasteiger partial charge in [-0.3, -0.25) is 19.4 Å². The monoisotopic (exact) mass is 454 g/mol. The summed E-state index contributed by atoms with van der Waals surface area (Å²) in [5, 5.41) is 0. The fraction of sp³-hybridized carbons (Fsp3) is 0.0323. The average Bonchev–Trinajstić information content (AvgIpc) is 3.37. The number of anilines is 2. The maximum absolute atomic E-state index is 14.1. The standard InChI is InChI=1S/C31H22N2O2/c34-30-26(21-22-13-5-1-6-14-22)27-28(23-15-7-2-8-16-23)32(24-17-9-3-10-18-24)31(35)29(27)33(30)25-19-11-4-12-20-25/h1-21,28H/b26-21-. The van der Waals surface area contributed by atoms with Gasteiger partial charge in [-0.25, -0.2) is 0 Å². The third kappa shape index (κ3) is 3.47. The largest absolute Gasteiger partial charge is 0.295 e. The molecule has 0 bridgehead atoms. The summed E-state index contributed by atoms with van der Waals surface area (Å²) < 4.78 is 0. The molecule has 0 spiro atoms. The summed E-state index contributed by atoms with van der Waals surface area (Å²) in [4.78, 5) is 31.5. The van der Waals surface area contributed by atoms with E-state index in [2.05, 4.69) is 0 Å². The normalized spacial score (nSPS) is 18.5. The molecule has 0 saturated carbocycles. The summed E-state index contributed by atoms with van der Waals surface area (Å²) >= 11 is 0. The van der Waals surface area contributed by atoms with Crippen LogP contribution in [0.4, 0.5) is 11.4 Å². The second-order valence-corrected chi connectivity index (χ2v) is 8.53. The van der Waals surface area contributed by atoms with Crippen LogP contribution in [0.25, 0.3) is 6.08 Å². The lowest BCUT2D eigenvalue weighted by atomic mass is 9.93. The first-order chi connectivity index (χ1) is 17.2. The van der Waals surface area contributed by atoms with Crippen LogP contribution in [0.1, 0.15) is 17.2 Å². The Labute approximate surface area is 204 Å². The van der Waals surface area contributed by atoms with Gasteiger partial charge in [0.15, 0.2) is 0 Å². The van der Waals surface area contributed by atoms with E-state index < -0.39 is 6.04 Å². The number of hydrogen-bond donors (Lipinski definition) is 0. The van der Waals surface area contributed by atoms with Crippen molar-refractivity contribution in [3.8, 4) is 0 Å². The molecule has 2 aliphatic heterocycles. The van der Waals surface area contributed by atoms with Gasteiger partial charge in [-0.1, -0.05) is 97.1 Å². The molecule has 0 aromatic heterocycles. The van der Waals surface area contributed by atoms with E-state index >= 15 is 0 Å². The lowest BCUT2D eigenvalue weighted by Crippen LogP contribution is -2.38. The van der Waals surface area contributed by atoms with E-state index in [9.17, 15) is 9.59 Å². The third-order valence-electron chi connectivity index (χ3n) is 6.43. The topological polar surface area (TPSA) is 40.6 Å². The maximum Gasteiger partial charge on any atom is 0.276 e. The molecular formula is C31H22N2O2. The van der Waals surface area contributed by atoms with Gasteiger partial charge in [0.05, 0.1) is 6.04 Å². The van der Waals surface area contributed by atoms with E-state index in [0.29, 0.717) is 17.0 Å². The molecule has 0 saturated heterocycles. The number of rotatable bonds is 4. The lowest BCUT2D eigenvalue weighted by molar-refractivity contribution is -0.118. The molecule has 1 unspecified atom stereocenters. The molecule has 0 N–H and O–H groups in total. The number of hydrogen-bond acceptors (Lipinski definition) is 2. The van der Waals surface area contributed by atoms with E-state index in [1.165, 1.54) is 0 Å². The van der Waals surface area contributed by atoms with Gasteiger partial charge < -0.3 is 0 Å². The van der Waals surface area contributed by atoms with Crippen molar-refractivity contribution in [2.45, 2.75) is 6.04 Å². The van der Waals surface area contributed by atoms with Gasteiger partial charge in [0.25, 0.3) is 11.8 Å². The molecule has 2 aliphatic rings. The van der Waals surface area contributed by atoms with Gasteiger partial charge in [-0.05, 0) is 41.5 Å². The summed E-state index contributed by atoms with van der Waals surface area (Å²) in [6.45, 7) is 0. The molecule has 0 radical (unpaired) electrons. The quantitative estimate of drug-likeness (QED) is 0.347. The van der Waals surface area contributed by atoms with Crippen molar-refractivity contribution in [1.29, 1.82) is 0 Å². The Kier molecular flexibility index (Phi) is 5.12. The predicted molar refractivity (Wildman–Crippen MR) is 138 cm³/mol. The molecule has 4 heteroatoms. The molecule has 35 heavy (non-hydrogen) atoms. The Hall–Kier alpha value is -4.70. The second-order valence-electron chi connectivity index (χ2n) is 8.53. The maximum atomic E-state index is 14.1. The average molecular weight is 455 g/mol. The van der Waals surface area contributed by atoms with Gasteiger partial charge in [-0.2, -0.15) is 0 Å². The van der Waals surface area contributed by atoms with E-state index in [-0.39, 0.29) is 11.8 Å². The van der Waals surface area contributed by atoms with Crippen molar-refractivity contribution in [2.75, 3.05) is 9.80 Å². The van der Waals surface area contributed by atoms with Crippen LogP contribution >= 0.6 is 0 Å². The summed E-state index contributed by atoms with van der Waals surface area (Å²) in [5.41, 5.74) is 5.03.